The van der Waals surface area contributed by atoms with E-state index >= 15 is 0 Å². The lowest BCUT2D eigenvalue weighted by Crippen LogP contribution is -2.56. The molecule has 4 rings (SSSR count). The standard InChI is InChI=1S/C22H26N2O3/c1-17-13-18(7-8-20(17)19-5-3-2-4-6-19)14-23-21(25)24-10-12-27-22(15-24)9-11-26-16-22/h2-8,13H,9-12,14-16H2,1H3,(H,23,25). The number of ether oxygens (including phenoxy) is 2. The summed E-state index contributed by atoms with van der Waals surface area (Å²) >= 11 is 0. The van der Waals surface area contributed by atoms with Gasteiger partial charge in [0.1, 0.15) is 5.60 Å². The van der Waals surface area contributed by atoms with Gasteiger partial charge in [-0.1, -0.05) is 48.5 Å². The van der Waals surface area contributed by atoms with Gasteiger partial charge in [-0.2, -0.15) is 0 Å². The Balaban J connectivity index is 1.37. The van der Waals surface area contributed by atoms with Crippen molar-refractivity contribution in [3.8, 4) is 11.1 Å². The highest BCUT2D eigenvalue weighted by Gasteiger charge is 2.41. The van der Waals surface area contributed by atoms with Crippen LogP contribution in [0.15, 0.2) is 48.5 Å². The Kier molecular flexibility index (Phi) is 5.14. The highest BCUT2D eigenvalue weighted by molar-refractivity contribution is 5.74. The monoisotopic (exact) mass is 366 g/mol. The van der Waals surface area contributed by atoms with Gasteiger partial charge in [0.2, 0.25) is 0 Å². The number of carbonyl (C=O) groups excluding carboxylic acids is 1. The van der Waals surface area contributed by atoms with Crippen molar-refractivity contribution >= 4 is 6.03 Å². The number of nitrogens with zero attached hydrogens (tertiary/aromatic N) is 1. The molecule has 0 saturated carbocycles. The SMILES string of the molecule is Cc1cc(CNC(=O)N2CCOC3(CCOC3)C2)ccc1-c1ccccc1. The predicted molar refractivity (Wildman–Crippen MR) is 105 cm³/mol. The Morgan fingerprint density at radius 3 is 2.78 bits per heavy atom. The first-order chi connectivity index (χ1) is 13.2. The molecular weight excluding hydrogens is 340 g/mol. The number of carbonyl (C=O) groups is 1. The van der Waals surface area contributed by atoms with Crippen LogP contribution in [0.5, 0.6) is 0 Å². The molecule has 2 fully saturated rings. The van der Waals surface area contributed by atoms with Crippen molar-refractivity contribution in [3.63, 3.8) is 0 Å². The lowest BCUT2D eigenvalue weighted by Gasteiger charge is -2.39. The van der Waals surface area contributed by atoms with Crippen LogP contribution in [-0.2, 0) is 16.0 Å². The number of morpholine rings is 1. The van der Waals surface area contributed by atoms with Gasteiger partial charge in [-0.05, 0) is 29.2 Å². The molecule has 0 aliphatic carbocycles. The number of amides is 2. The van der Waals surface area contributed by atoms with E-state index in [1.165, 1.54) is 16.7 Å². The Morgan fingerprint density at radius 2 is 2.04 bits per heavy atom. The third-order valence-corrected chi connectivity index (χ3v) is 5.42. The minimum absolute atomic E-state index is 0.0330. The van der Waals surface area contributed by atoms with Gasteiger partial charge in [0, 0.05) is 26.1 Å². The normalized spacial score (nSPS) is 22.2. The Hall–Kier alpha value is -2.37. The summed E-state index contributed by atoms with van der Waals surface area (Å²) in [6.07, 6.45) is 0.858. The second-order valence-electron chi connectivity index (χ2n) is 7.43. The molecule has 2 aliphatic rings. The average Bonchev–Trinajstić information content (AvgIpc) is 3.14. The van der Waals surface area contributed by atoms with Crippen LogP contribution in [0, 0.1) is 6.92 Å². The van der Waals surface area contributed by atoms with Crippen molar-refractivity contribution in [2.45, 2.75) is 25.5 Å². The molecule has 1 spiro atoms. The maximum atomic E-state index is 12.6. The van der Waals surface area contributed by atoms with Gasteiger partial charge in [0.05, 0.1) is 19.8 Å². The first kappa shape index (κ1) is 18.0. The zero-order valence-corrected chi connectivity index (χ0v) is 15.7. The molecule has 27 heavy (non-hydrogen) atoms. The minimum atomic E-state index is -0.302. The topological polar surface area (TPSA) is 50.8 Å². The summed E-state index contributed by atoms with van der Waals surface area (Å²) < 4.78 is 11.4. The van der Waals surface area contributed by atoms with Crippen LogP contribution in [0.3, 0.4) is 0 Å². The van der Waals surface area contributed by atoms with Crippen LogP contribution in [0.2, 0.25) is 0 Å². The molecule has 2 saturated heterocycles. The van der Waals surface area contributed by atoms with E-state index < -0.39 is 0 Å². The van der Waals surface area contributed by atoms with E-state index in [0.29, 0.717) is 39.5 Å². The van der Waals surface area contributed by atoms with E-state index in [1.807, 2.05) is 23.1 Å². The number of urea groups is 1. The molecule has 2 aromatic carbocycles. The van der Waals surface area contributed by atoms with Crippen LogP contribution in [0.4, 0.5) is 4.79 Å². The lowest BCUT2D eigenvalue weighted by atomic mass is 9.98. The minimum Gasteiger partial charge on any atom is -0.378 e. The number of benzene rings is 2. The van der Waals surface area contributed by atoms with Crippen LogP contribution in [0.1, 0.15) is 17.5 Å². The third-order valence-electron chi connectivity index (χ3n) is 5.42. The molecular formula is C22H26N2O3. The fraction of sp³-hybridized carbons (Fsp3) is 0.409. The summed E-state index contributed by atoms with van der Waals surface area (Å²) in [7, 11) is 0. The molecule has 0 aromatic heterocycles. The molecule has 142 valence electrons. The van der Waals surface area contributed by atoms with Gasteiger partial charge in [0.25, 0.3) is 0 Å². The summed E-state index contributed by atoms with van der Waals surface area (Å²) in [5.74, 6) is 0. The summed E-state index contributed by atoms with van der Waals surface area (Å²) in [5, 5.41) is 3.05. The van der Waals surface area contributed by atoms with Gasteiger partial charge in [-0.15, -0.1) is 0 Å². The quantitative estimate of drug-likeness (QED) is 0.906. The van der Waals surface area contributed by atoms with Gasteiger partial charge < -0.3 is 19.7 Å². The number of hydrogen-bond acceptors (Lipinski definition) is 3. The number of aryl methyl sites for hydroxylation is 1. The summed E-state index contributed by atoms with van der Waals surface area (Å²) in [6.45, 7) is 5.72. The molecule has 5 nitrogen and oxygen atoms in total. The van der Waals surface area contributed by atoms with Gasteiger partial charge in [0.15, 0.2) is 0 Å². The molecule has 1 unspecified atom stereocenters. The van der Waals surface area contributed by atoms with Gasteiger partial charge in [-0.3, -0.25) is 0 Å². The van der Waals surface area contributed by atoms with Crippen molar-refractivity contribution in [2.75, 3.05) is 32.9 Å². The molecule has 1 N–H and O–H groups in total. The highest BCUT2D eigenvalue weighted by atomic mass is 16.6. The van der Waals surface area contributed by atoms with Crippen LogP contribution in [-0.4, -0.2) is 49.4 Å². The van der Waals surface area contributed by atoms with Gasteiger partial charge in [-0.25, -0.2) is 4.79 Å². The van der Waals surface area contributed by atoms with E-state index in [2.05, 4.69) is 42.6 Å². The molecule has 0 bridgehead atoms. The predicted octanol–water partition coefficient (Wildman–Crippen LogP) is 3.36. The van der Waals surface area contributed by atoms with Crippen molar-refractivity contribution in [3.05, 3.63) is 59.7 Å². The smallest absolute Gasteiger partial charge is 0.317 e. The molecule has 0 radical (unpaired) electrons. The number of nitrogens with one attached hydrogen (secondary N) is 1. The first-order valence-corrected chi connectivity index (χ1v) is 9.55. The van der Waals surface area contributed by atoms with Crippen LogP contribution >= 0.6 is 0 Å². The van der Waals surface area contributed by atoms with Crippen molar-refractivity contribution < 1.29 is 14.3 Å². The fourth-order valence-corrected chi connectivity index (χ4v) is 3.91. The van der Waals surface area contributed by atoms with Crippen LogP contribution < -0.4 is 5.32 Å². The van der Waals surface area contributed by atoms with E-state index in [4.69, 9.17) is 9.47 Å². The Labute approximate surface area is 160 Å². The fourth-order valence-electron chi connectivity index (χ4n) is 3.91. The summed E-state index contributed by atoms with van der Waals surface area (Å²) in [6, 6.07) is 16.7. The first-order valence-electron chi connectivity index (χ1n) is 9.55. The maximum absolute atomic E-state index is 12.6. The molecule has 1 atom stereocenters. The molecule has 2 heterocycles. The molecule has 2 aromatic rings. The number of hydrogen-bond donors (Lipinski definition) is 1. The second kappa shape index (κ2) is 7.71. The van der Waals surface area contributed by atoms with E-state index in [-0.39, 0.29) is 11.6 Å². The third kappa shape index (κ3) is 3.99. The van der Waals surface area contributed by atoms with Crippen molar-refractivity contribution in [2.24, 2.45) is 0 Å². The Bertz CT molecular complexity index is 800. The van der Waals surface area contributed by atoms with Gasteiger partial charge >= 0.3 is 6.03 Å². The molecule has 2 aliphatic heterocycles. The summed E-state index contributed by atoms with van der Waals surface area (Å²) in [4.78, 5) is 14.5. The van der Waals surface area contributed by atoms with Crippen molar-refractivity contribution in [1.29, 1.82) is 0 Å². The lowest BCUT2D eigenvalue weighted by molar-refractivity contribution is -0.0975. The second-order valence-corrected chi connectivity index (χ2v) is 7.43. The Morgan fingerprint density at radius 1 is 1.19 bits per heavy atom. The number of rotatable bonds is 3. The molecule has 5 heteroatoms. The van der Waals surface area contributed by atoms with E-state index in [0.717, 1.165) is 12.0 Å². The highest BCUT2D eigenvalue weighted by Crippen LogP contribution is 2.27. The van der Waals surface area contributed by atoms with Crippen molar-refractivity contribution in [1.82, 2.24) is 10.2 Å². The maximum Gasteiger partial charge on any atom is 0.317 e. The zero-order chi connectivity index (χ0) is 18.7. The molecule has 2 amide bonds. The average molecular weight is 366 g/mol. The van der Waals surface area contributed by atoms with E-state index in [9.17, 15) is 4.79 Å². The zero-order valence-electron chi connectivity index (χ0n) is 15.7. The van der Waals surface area contributed by atoms with Crippen LogP contribution in [0.25, 0.3) is 11.1 Å². The summed E-state index contributed by atoms with van der Waals surface area (Å²) in [5.41, 5.74) is 4.45. The largest absolute Gasteiger partial charge is 0.378 e. The van der Waals surface area contributed by atoms with E-state index in [1.54, 1.807) is 0 Å².